The van der Waals surface area contributed by atoms with Crippen LogP contribution in [0.1, 0.15) is 41.4 Å². The van der Waals surface area contributed by atoms with Gasteiger partial charge in [0, 0.05) is 24.4 Å². The molecule has 152 valence electrons. The maximum Gasteiger partial charge on any atom is 0.248 e. The minimum absolute atomic E-state index is 0.414. The molecule has 1 saturated heterocycles. The van der Waals surface area contributed by atoms with E-state index in [-0.39, 0.29) is 0 Å². The summed E-state index contributed by atoms with van der Waals surface area (Å²) in [4.78, 5) is 13.6. The summed E-state index contributed by atoms with van der Waals surface area (Å²) in [6.45, 7) is 4.90. The standard InChI is InChI=1S/C21H25N5O2S/c1-15-8-10-25(11-9-15)20-23-24-21(26(20)13-18-3-2-12-28-18)29-14-16-4-6-17(7-5-16)19(22)27/h2-7,12,15H,8-11,13-14H2,1H3,(H2,22,27). The van der Waals surface area contributed by atoms with Crippen LogP contribution >= 0.6 is 11.8 Å². The summed E-state index contributed by atoms with van der Waals surface area (Å²) in [5, 5.41) is 9.84. The number of piperidine rings is 1. The molecule has 2 aromatic heterocycles. The van der Waals surface area contributed by atoms with Crippen LogP contribution in [0.5, 0.6) is 0 Å². The van der Waals surface area contributed by atoms with Crippen molar-refractivity contribution in [2.75, 3.05) is 18.0 Å². The number of carbonyl (C=O) groups is 1. The Balaban J connectivity index is 1.53. The fraction of sp³-hybridized carbons (Fsp3) is 0.381. The Morgan fingerprint density at radius 3 is 2.62 bits per heavy atom. The lowest BCUT2D eigenvalue weighted by Crippen LogP contribution is -2.35. The summed E-state index contributed by atoms with van der Waals surface area (Å²) >= 11 is 1.63. The number of nitrogens with two attached hydrogens (primary N) is 1. The van der Waals surface area contributed by atoms with Crippen molar-refractivity contribution in [3.05, 3.63) is 59.5 Å². The van der Waals surface area contributed by atoms with Gasteiger partial charge in [-0.3, -0.25) is 9.36 Å². The van der Waals surface area contributed by atoms with Crippen molar-refractivity contribution in [1.82, 2.24) is 14.8 Å². The van der Waals surface area contributed by atoms with Crippen molar-refractivity contribution in [1.29, 1.82) is 0 Å². The number of benzene rings is 1. The lowest BCUT2D eigenvalue weighted by atomic mass is 10.00. The number of anilines is 1. The molecule has 8 heteroatoms. The van der Waals surface area contributed by atoms with E-state index in [0.717, 1.165) is 47.2 Å². The van der Waals surface area contributed by atoms with E-state index >= 15 is 0 Å². The zero-order chi connectivity index (χ0) is 20.2. The Morgan fingerprint density at radius 2 is 1.97 bits per heavy atom. The van der Waals surface area contributed by atoms with Crippen molar-refractivity contribution >= 4 is 23.6 Å². The largest absolute Gasteiger partial charge is 0.467 e. The molecule has 3 aromatic rings. The molecule has 4 rings (SSSR count). The van der Waals surface area contributed by atoms with E-state index in [4.69, 9.17) is 10.2 Å². The second-order valence-corrected chi connectivity index (χ2v) is 8.41. The molecule has 0 radical (unpaired) electrons. The van der Waals surface area contributed by atoms with Gasteiger partial charge in [0.25, 0.3) is 0 Å². The van der Waals surface area contributed by atoms with Crippen molar-refractivity contribution in [2.24, 2.45) is 11.7 Å². The van der Waals surface area contributed by atoms with Gasteiger partial charge >= 0.3 is 0 Å². The molecule has 3 heterocycles. The highest BCUT2D eigenvalue weighted by atomic mass is 32.2. The molecule has 0 aliphatic carbocycles. The molecule has 0 spiro atoms. The van der Waals surface area contributed by atoms with E-state index in [1.54, 1.807) is 30.2 Å². The predicted molar refractivity (Wildman–Crippen MR) is 113 cm³/mol. The first-order chi connectivity index (χ1) is 14.1. The van der Waals surface area contributed by atoms with Crippen LogP contribution in [0.4, 0.5) is 5.95 Å². The molecule has 2 N–H and O–H groups in total. The molecule has 0 saturated carbocycles. The first-order valence-corrected chi connectivity index (χ1v) is 10.8. The number of amides is 1. The van der Waals surface area contributed by atoms with Crippen LogP contribution < -0.4 is 10.6 Å². The Bertz CT molecular complexity index is 944. The van der Waals surface area contributed by atoms with Gasteiger partial charge < -0.3 is 15.1 Å². The molecule has 29 heavy (non-hydrogen) atoms. The average molecular weight is 412 g/mol. The Labute approximate surface area is 174 Å². The van der Waals surface area contributed by atoms with E-state index in [1.807, 2.05) is 24.3 Å². The zero-order valence-corrected chi connectivity index (χ0v) is 17.3. The van der Waals surface area contributed by atoms with Gasteiger partial charge in [-0.15, -0.1) is 10.2 Å². The molecule has 1 aliphatic heterocycles. The van der Waals surface area contributed by atoms with Crippen LogP contribution in [0, 0.1) is 5.92 Å². The minimum Gasteiger partial charge on any atom is -0.467 e. The van der Waals surface area contributed by atoms with Gasteiger partial charge in [-0.25, -0.2) is 0 Å². The second kappa shape index (κ2) is 8.73. The van der Waals surface area contributed by atoms with E-state index in [0.29, 0.717) is 12.1 Å². The monoisotopic (exact) mass is 411 g/mol. The highest BCUT2D eigenvalue weighted by Crippen LogP contribution is 2.28. The fourth-order valence-corrected chi connectivity index (χ4v) is 4.33. The highest BCUT2D eigenvalue weighted by Gasteiger charge is 2.23. The number of carbonyl (C=O) groups excluding carboxylic acids is 1. The van der Waals surface area contributed by atoms with Crippen LogP contribution in [0.3, 0.4) is 0 Å². The first kappa shape index (κ1) is 19.6. The van der Waals surface area contributed by atoms with Crippen molar-refractivity contribution in [3.63, 3.8) is 0 Å². The molecule has 1 fully saturated rings. The third-order valence-electron chi connectivity index (χ3n) is 5.26. The van der Waals surface area contributed by atoms with Crippen LogP contribution in [0.25, 0.3) is 0 Å². The van der Waals surface area contributed by atoms with Crippen LogP contribution in [-0.4, -0.2) is 33.8 Å². The van der Waals surface area contributed by atoms with Crippen LogP contribution in [0.15, 0.2) is 52.2 Å². The van der Waals surface area contributed by atoms with E-state index in [2.05, 4.69) is 26.6 Å². The smallest absolute Gasteiger partial charge is 0.248 e. The topological polar surface area (TPSA) is 90.2 Å². The van der Waals surface area contributed by atoms with Gasteiger partial charge in [0.2, 0.25) is 11.9 Å². The maximum atomic E-state index is 11.2. The second-order valence-electron chi connectivity index (χ2n) is 7.47. The summed E-state index contributed by atoms with van der Waals surface area (Å²) < 4.78 is 7.71. The Kier molecular flexibility index (Phi) is 5.89. The number of nitrogens with zero attached hydrogens (tertiary/aromatic N) is 4. The third kappa shape index (κ3) is 4.64. The third-order valence-corrected chi connectivity index (χ3v) is 6.30. The molecule has 1 aromatic carbocycles. The van der Waals surface area contributed by atoms with Crippen molar-refractivity contribution in [2.45, 2.75) is 37.2 Å². The first-order valence-electron chi connectivity index (χ1n) is 9.82. The normalized spacial score (nSPS) is 15.0. The Hall–Kier alpha value is -2.74. The molecule has 0 unspecified atom stereocenters. The lowest BCUT2D eigenvalue weighted by molar-refractivity contribution is 0.100. The van der Waals surface area contributed by atoms with Crippen molar-refractivity contribution < 1.29 is 9.21 Å². The van der Waals surface area contributed by atoms with Crippen molar-refractivity contribution in [3.8, 4) is 0 Å². The molecule has 0 bridgehead atoms. The average Bonchev–Trinajstić information content (AvgIpc) is 3.38. The lowest BCUT2D eigenvalue weighted by Gasteiger charge is -2.31. The highest BCUT2D eigenvalue weighted by molar-refractivity contribution is 7.98. The number of hydrogen-bond acceptors (Lipinski definition) is 6. The number of aromatic nitrogens is 3. The van der Waals surface area contributed by atoms with Gasteiger partial charge in [-0.05, 0) is 48.6 Å². The summed E-state index contributed by atoms with van der Waals surface area (Å²) in [5.74, 6) is 2.85. The molecule has 1 amide bonds. The van der Waals surface area contributed by atoms with Gasteiger partial charge in [-0.2, -0.15) is 0 Å². The summed E-state index contributed by atoms with van der Waals surface area (Å²) in [6, 6.07) is 11.2. The summed E-state index contributed by atoms with van der Waals surface area (Å²) in [5.41, 5.74) is 6.93. The summed E-state index contributed by atoms with van der Waals surface area (Å²) in [7, 11) is 0. The van der Waals surface area contributed by atoms with E-state index in [9.17, 15) is 4.79 Å². The molecule has 0 atom stereocenters. The SMILES string of the molecule is CC1CCN(c2nnc(SCc3ccc(C(N)=O)cc3)n2Cc2ccco2)CC1. The number of thioether (sulfide) groups is 1. The fourth-order valence-electron chi connectivity index (χ4n) is 3.44. The number of hydrogen-bond donors (Lipinski definition) is 1. The quantitative estimate of drug-likeness (QED) is 0.598. The van der Waals surface area contributed by atoms with E-state index < -0.39 is 5.91 Å². The molecule has 7 nitrogen and oxygen atoms in total. The van der Waals surface area contributed by atoms with Gasteiger partial charge in [0.1, 0.15) is 5.76 Å². The molecular formula is C21H25N5O2S. The van der Waals surface area contributed by atoms with E-state index in [1.165, 1.54) is 12.8 Å². The molecular weight excluding hydrogens is 386 g/mol. The van der Waals surface area contributed by atoms with Gasteiger partial charge in [-0.1, -0.05) is 30.8 Å². The van der Waals surface area contributed by atoms with Crippen LogP contribution in [-0.2, 0) is 12.3 Å². The number of rotatable bonds is 7. The minimum atomic E-state index is -0.414. The number of furan rings is 1. The number of primary amides is 1. The zero-order valence-electron chi connectivity index (χ0n) is 16.5. The Morgan fingerprint density at radius 1 is 1.21 bits per heavy atom. The molecule has 1 aliphatic rings. The van der Waals surface area contributed by atoms with Crippen LogP contribution in [0.2, 0.25) is 0 Å². The maximum absolute atomic E-state index is 11.2. The summed E-state index contributed by atoms with van der Waals surface area (Å²) in [6.07, 6.45) is 4.03. The van der Waals surface area contributed by atoms with Gasteiger partial charge in [0.15, 0.2) is 5.16 Å². The predicted octanol–water partition coefficient (Wildman–Crippen LogP) is 3.55. The van der Waals surface area contributed by atoms with Gasteiger partial charge in [0.05, 0.1) is 12.8 Å².